The summed E-state index contributed by atoms with van der Waals surface area (Å²) in [4.78, 5) is 23.4. The van der Waals surface area contributed by atoms with E-state index in [-0.39, 0.29) is 11.6 Å². The summed E-state index contributed by atoms with van der Waals surface area (Å²) in [6.07, 6.45) is 6.36. The second kappa shape index (κ2) is 8.66. The molecule has 2 aliphatic heterocycles. The van der Waals surface area contributed by atoms with Gasteiger partial charge in [0.2, 0.25) is 0 Å². The first-order valence-corrected chi connectivity index (χ1v) is 13.8. The number of anilines is 1. The molecule has 3 fully saturated rings. The molecule has 5 rings (SSSR count). The first-order valence-electron chi connectivity index (χ1n) is 12.4. The van der Waals surface area contributed by atoms with Gasteiger partial charge in [-0.3, -0.25) is 4.68 Å². The molecule has 1 atom stereocenters. The predicted molar refractivity (Wildman–Crippen MR) is 135 cm³/mol. The zero-order valence-corrected chi connectivity index (χ0v) is 22.3. The van der Waals surface area contributed by atoms with Gasteiger partial charge in [0, 0.05) is 38.4 Å². The van der Waals surface area contributed by atoms with E-state index in [9.17, 15) is 23.6 Å². The minimum atomic E-state index is -4.18. The Morgan fingerprint density at radius 2 is 1.92 bits per heavy atom. The molecule has 0 aromatic carbocycles. The monoisotopic (exact) mass is 528 g/mol. The van der Waals surface area contributed by atoms with Gasteiger partial charge in [-0.1, -0.05) is 20.8 Å². The summed E-state index contributed by atoms with van der Waals surface area (Å²) in [5.74, 6) is 0.857. The Bertz CT molecular complexity index is 1360. The van der Waals surface area contributed by atoms with Crippen molar-refractivity contribution in [2.24, 2.45) is 18.4 Å². The van der Waals surface area contributed by atoms with Gasteiger partial charge in [0.05, 0.1) is 24.0 Å². The van der Waals surface area contributed by atoms with Crippen LogP contribution in [0, 0.1) is 22.7 Å². The zero-order valence-electron chi connectivity index (χ0n) is 21.5. The number of aryl methyl sites for hydroxylation is 1. The molecule has 0 radical (unpaired) electrons. The van der Waals surface area contributed by atoms with E-state index in [1.807, 2.05) is 25.7 Å². The Hall–Kier alpha value is -3.24. The Morgan fingerprint density at radius 1 is 1.24 bits per heavy atom. The number of aromatic nitrogens is 4. The minimum absolute atomic E-state index is 0.202. The maximum absolute atomic E-state index is 13.7. The quantitative estimate of drug-likeness (QED) is 0.631. The third kappa shape index (κ3) is 4.21. The number of piperidine rings is 1. The fraction of sp³-hybridized carbons (Fsp3) is 0.625. The van der Waals surface area contributed by atoms with Crippen LogP contribution < -0.4 is 4.90 Å². The maximum Gasteiger partial charge on any atom is 0.422 e. The highest BCUT2D eigenvalue weighted by molar-refractivity contribution is 7.87. The molecule has 1 spiro atoms. The van der Waals surface area contributed by atoms with Gasteiger partial charge in [-0.2, -0.15) is 27.4 Å². The Labute approximate surface area is 216 Å². The van der Waals surface area contributed by atoms with Gasteiger partial charge >= 0.3 is 16.3 Å². The SMILES string of the molecule is Cn1cc(-c2nc(N3CCC4(CC3)C(C(C)(C)C)N(C(=O)O)S(=O)(=O)N4CC3CC3)cnc2C#N)cn1. The van der Waals surface area contributed by atoms with Gasteiger partial charge in [-0.05, 0) is 37.0 Å². The Kier molecular flexibility index (Phi) is 5.95. The molecule has 1 unspecified atom stereocenters. The summed E-state index contributed by atoms with van der Waals surface area (Å²) in [5.41, 5.74) is -0.122. The molecule has 0 bridgehead atoms. The Balaban J connectivity index is 1.50. The maximum atomic E-state index is 13.7. The number of nitriles is 1. The molecule has 12 nitrogen and oxygen atoms in total. The highest BCUT2D eigenvalue weighted by Crippen LogP contribution is 2.52. The lowest BCUT2D eigenvalue weighted by atomic mass is 9.69. The van der Waals surface area contributed by atoms with Crippen LogP contribution in [0.15, 0.2) is 18.6 Å². The molecule has 2 aromatic heterocycles. The van der Waals surface area contributed by atoms with Crippen molar-refractivity contribution in [3.63, 3.8) is 0 Å². The molecule has 1 N–H and O–H groups in total. The average Bonchev–Trinajstić information content (AvgIpc) is 3.52. The second-order valence-electron chi connectivity index (χ2n) is 11.4. The number of nitrogens with zero attached hydrogens (tertiary/aromatic N) is 8. The van der Waals surface area contributed by atoms with E-state index in [1.54, 1.807) is 30.3 Å². The molecule has 4 heterocycles. The van der Waals surface area contributed by atoms with Crippen molar-refractivity contribution in [1.29, 1.82) is 5.26 Å². The summed E-state index contributed by atoms with van der Waals surface area (Å²) in [7, 11) is -2.40. The van der Waals surface area contributed by atoms with Crippen LogP contribution in [0.1, 0.15) is 52.1 Å². The second-order valence-corrected chi connectivity index (χ2v) is 13.1. The zero-order chi connectivity index (χ0) is 26.8. The predicted octanol–water partition coefficient (Wildman–Crippen LogP) is 2.45. The summed E-state index contributed by atoms with van der Waals surface area (Å²) in [5, 5.41) is 23.8. The highest BCUT2D eigenvalue weighted by atomic mass is 32.2. The van der Waals surface area contributed by atoms with Crippen LogP contribution in [0.3, 0.4) is 0 Å². The fourth-order valence-electron chi connectivity index (χ4n) is 6.01. The molecule has 37 heavy (non-hydrogen) atoms. The molecule has 13 heteroatoms. The number of amides is 1. The number of hydrogen-bond acceptors (Lipinski definition) is 8. The van der Waals surface area contributed by atoms with Crippen LogP contribution in [-0.4, -0.2) is 79.2 Å². The van der Waals surface area contributed by atoms with Gasteiger partial charge in [-0.25, -0.2) is 14.8 Å². The van der Waals surface area contributed by atoms with Crippen LogP contribution >= 0.6 is 0 Å². The lowest BCUT2D eigenvalue weighted by Gasteiger charge is -2.49. The van der Waals surface area contributed by atoms with E-state index in [0.29, 0.717) is 53.9 Å². The molecular formula is C24H32N8O4S. The lowest BCUT2D eigenvalue weighted by Crippen LogP contribution is -2.62. The van der Waals surface area contributed by atoms with Crippen molar-refractivity contribution >= 4 is 22.1 Å². The highest BCUT2D eigenvalue weighted by Gasteiger charge is 2.66. The van der Waals surface area contributed by atoms with Gasteiger partial charge < -0.3 is 10.0 Å². The first kappa shape index (κ1) is 25.4. The van der Waals surface area contributed by atoms with E-state index in [0.717, 1.165) is 12.8 Å². The van der Waals surface area contributed by atoms with Crippen LogP contribution in [0.2, 0.25) is 0 Å². The van der Waals surface area contributed by atoms with Crippen molar-refractivity contribution in [3.05, 3.63) is 24.3 Å². The number of carboxylic acid groups (broad SMARTS) is 1. The molecule has 1 aliphatic carbocycles. The topological polar surface area (TPSA) is 149 Å². The molecule has 198 valence electrons. The van der Waals surface area contributed by atoms with Gasteiger partial charge in [0.25, 0.3) is 0 Å². The smallest absolute Gasteiger partial charge is 0.422 e. The van der Waals surface area contributed by atoms with Crippen molar-refractivity contribution in [2.75, 3.05) is 24.5 Å². The van der Waals surface area contributed by atoms with Crippen molar-refractivity contribution < 1.29 is 18.3 Å². The minimum Gasteiger partial charge on any atom is -0.464 e. The largest absolute Gasteiger partial charge is 0.464 e. The van der Waals surface area contributed by atoms with Crippen LogP contribution in [0.25, 0.3) is 11.3 Å². The van der Waals surface area contributed by atoms with Gasteiger partial charge in [0.1, 0.15) is 17.6 Å². The van der Waals surface area contributed by atoms with E-state index >= 15 is 0 Å². The van der Waals surface area contributed by atoms with Gasteiger partial charge in [-0.15, -0.1) is 0 Å². The first-order chi connectivity index (χ1) is 17.4. The van der Waals surface area contributed by atoms with E-state index < -0.39 is 33.3 Å². The van der Waals surface area contributed by atoms with Crippen molar-refractivity contribution in [1.82, 2.24) is 28.4 Å². The standard InChI is InChI=1S/C24H32N8O4S/c1-23(2,3)21-24(31(14-16-5-6-16)37(35,36)32(21)22(33)34)7-9-30(10-8-24)19-13-26-18(11-25)20(28-19)17-12-27-29(4)15-17/h12-13,15-16,21H,5-10,14H2,1-4H3,(H,33,34). The molecule has 1 saturated carbocycles. The molecule has 3 aliphatic rings. The van der Waals surface area contributed by atoms with Crippen molar-refractivity contribution in [3.8, 4) is 17.3 Å². The summed E-state index contributed by atoms with van der Waals surface area (Å²) >= 11 is 0. The number of rotatable bonds is 4. The molecular weight excluding hydrogens is 496 g/mol. The van der Waals surface area contributed by atoms with Gasteiger partial charge in [0.15, 0.2) is 5.69 Å². The molecule has 2 aromatic rings. The van der Waals surface area contributed by atoms with Crippen LogP contribution in [-0.2, 0) is 17.3 Å². The van der Waals surface area contributed by atoms with Crippen molar-refractivity contribution in [2.45, 2.75) is 58.0 Å². The molecule has 1 amide bonds. The summed E-state index contributed by atoms with van der Waals surface area (Å²) in [6, 6.07) is 1.37. The van der Waals surface area contributed by atoms with E-state index in [2.05, 4.69) is 16.2 Å². The summed E-state index contributed by atoms with van der Waals surface area (Å²) in [6.45, 7) is 7.02. The van der Waals surface area contributed by atoms with E-state index in [4.69, 9.17) is 4.98 Å². The van der Waals surface area contributed by atoms with E-state index in [1.165, 1.54) is 4.31 Å². The third-order valence-corrected chi connectivity index (χ3v) is 9.63. The fourth-order valence-corrected chi connectivity index (χ4v) is 8.34. The lowest BCUT2D eigenvalue weighted by molar-refractivity contribution is 0.0419. The Morgan fingerprint density at radius 3 is 2.43 bits per heavy atom. The number of carbonyl (C=O) groups is 1. The summed E-state index contributed by atoms with van der Waals surface area (Å²) < 4.78 is 31.2. The number of hydrogen-bond donors (Lipinski definition) is 1. The average molecular weight is 529 g/mol. The van der Waals surface area contributed by atoms with Crippen LogP contribution in [0.5, 0.6) is 0 Å². The normalized spacial score (nSPS) is 23.4. The molecule has 2 saturated heterocycles. The van der Waals surface area contributed by atoms with Crippen LogP contribution in [0.4, 0.5) is 10.6 Å². The third-order valence-electron chi connectivity index (χ3n) is 7.69.